The molecule has 1 aromatic rings. The van der Waals surface area contributed by atoms with Gasteiger partial charge in [-0.15, -0.1) is 0 Å². The molecule has 1 N–H and O–H groups in total. The molecule has 1 aromatic carbocycles. The van der Waals surface area contributed by atoms with Crippen LogP contribution in [0, 0.1) is 0 Å². The van der Waals surface area contributed by atoms with Gasteiger partial charge < -0.3 is 5.32 Å². The van der Waals surface area contributed by atoms with Gasteiger partial charge in [0.05, 0.1) is 6.54 Å². The van der Waals surface area contributed by atoms with Gasteiger partial charge in [0, 0.05) is 35.2 Å². The first-order valence-corrected chi connectivity index (χ1v) is 10.6. The third-order valence-corrected chi connectivity index (χ3v) is 5.31. The van der Waals surface area contributed by atoms with Crippen LogP contribution < -0.4 is 5.32 Å². The maximum absolute atomic E-state index is 15.0. The van der Waals surface area contributed by atoms with Crippen LogP contribution in [0.2, 0.25) is 10.0 Å². The lowest BCUT2D eigenvalue weighted by atomic mass is 9.93. The summed E-state index contributed by atoms with van der Waals surface area (Å²) in [5.41, 5.74) is -1.03. The molecule has 154 valence electrons. The zero-order valence-electron chi connectivity index (χ0n) is 16.4. The van der Waals surface area contributed by atoms with E-state index in [9.17, 15) is 4.79 Å². The first-order chi connectivity index (χ1) is 13.4. The number of piperidine rings is 1. The summed E-state index contributed by atoms with van der Waals surface area (Å²) < 4.78 is 15.0. The van der Waals surface area contributed by atoms with Crippen molar-refractivity contribution in [3.05, 3.63) is 58.1 Å². The third kappa shape index (κ3) is 7.94. The molecule has 0 saturated carbocycles. The summed E-state index contributed by atoms with van der Waals surface area (Å²) >= 11 is 11.8. The van der Waals surface area contributed by atoms with Gasteiger partial charge in [-0.3, -0.25) is 9.69 Å². The highest BCUT2D eigenvalue weighted by atomic mass is 35.5. The Kier molecular flexibility index (Phi) is 9.49. The number of likely N-dealkylation sites (tertiary alicyclic amines) is 1. The largest absolute Gasteiger partial charge is 0.349 e. The van der Waals surface area contributed by atoms with Crippen LogP contribution in [-0.4, -0.2) is 42.7 Å². The topological polar surface area (TPSA) is 32.3 Å². The van der Waals surface area contributed by atoms with Gasteiger partial charge in [0.2, 0.25) is 0 Å². The molecule has 1 heterocycles. The summed E-state index contributed by atoms with van der Waals surface area (Å²) in [6.07, 6.45) is 12.7. The van der Waals surface area contributed by atoms with Crippen LogP contribution in [-0.2, 0) is 0 Å². The standard InChI is InChI=1S/C22H29Cl2FN2O/c1-2-3-4-5-6-7-8-11-27-12-9-22(25,10-13-27)17-26-21(28)18-14-19(23)16-20(24)15-18/h3-4,7-8,14-16H,2,5-6,9-13,17H2,1H3,(H,26,28)/b4-3-,8-7+. The molecule has 1 saturated heterocycles. The highest BCUT2D eigenvalue weighted by molar-refractivity contribution is 6.35. The number of benzene rings is 1. The van der Waals surface area contributed by atoms with Gasteiger partial charge in [-0.25, -0.2) is 4.39 Å². The number of carbonyl (C=O) groups excluding carboxylic acids is 1. The van der Waals surface area contributed by atoms with Crippen LogP contribution in [0.1, 0.15) is 49.4 Å². The summed E-state index contributed by atoms with van der Waals surface area (Å²) in [5.74, 6) is -0.357. The summed E-state index contributed by atoms with van der Waals surface area (Å²) in [6, 6.07) is 4.62. The van der Waals surface area contributed by atoms with Gasteiger partial charge in [-0.1, -0.05) is 54.4 Å². The molecule has 2 rings (SSSR count). The highest BCUT2D eigenvalue weighted by Gasteiger charge is 2.34. The van der Waals surface area contributed by atoms with E-state index in [1.165, 1.54) is 12.1 Å². The quantitative estimate of drug-likeness (QED) is 0.397. The minimum atomic E-state index is -1.37. The first-order valence-electron chi connectivity index (χ1n) is 9.87. The Balaban J connectivity index is 1.71. The predicted molar refractivity (Wildman–Crippen MR) is 116 cm³/mol. The molecule has 0 spiro atoms. The van der Waals surface area contributed by atoms with Crippen LogP contribution in [0.3, 0.4) is 0 Å². The van der Waals surface area contributed by atoms with Crippen molar-refractivity contribution in [2.45, 2.75) is 44.7 Å². The van der Waals surface area contributed by atoms with Crippen molar-refractivity contribution in [2.75, 3.05) is 26.2 Å². The molecule has 0 aromatic heterocycles. The molecule has 28 heavy (non-hydrogen) atoms. The molecule has 1 aliphatic rings. The van der Waals surface area contributed by atoms with Crippen molar-refractivity contribution >= 4 is 29.1 Å². The average Bonchev–Trinajstić information content (AvgIpc) is 2.66. The van der Waals surface area contributed by atoms with Crippen LogP contribution in [0.25, 0.3) is 0 Å². The van der Waals surface area contributed by atoms with Gasteiger partial charge in [0.25, 0.3) is 5.91 Å². The zero-order chi connectivity index (χ0) is 20.4. The number of hydrogen-bond acceptors (Lipinski definition) is 2. The van der Waals surface area contributed by atoms with Crippen molar-refractivity contribution < 1.29 is 9.18 Å². The van der Waals surface area contributed by atoms with E-state index >= 15 is 4.39 Å². The fourth-order valence-corrected chi connectivity index (χ4v) is 3.68. The fraction of sp³-hybridized carbons (Fsp3) is 0.500. The second-order valence-corrected chi connectivity index (χ2v) is 8.09. The molecule has 1 fully saturated rings. The van der Waals surface area contributed by atoms with E-state index in [1.54, 1.807) is 6.07 Å². The molecule has 1 aliphatic heterocycles. The second-order valence-electron chi connectivity index (χ2n) is 7.22. The number of allylic oxidation sites excluding steroid dienone is 3. The van der Waals surface area contributed by atoms with Gasteiger partial charge >= 0.3 is 0 Å². The molecule has 0 atom stereocenters. The summed E-state index contributed by atoms with van der Waals surface area (Å²) in [5, 5.41) is 3.45. The highest BCUT2D eigenvalue weighted by Crippen LogP contribution is 2.26. The summed E-state index contributed by atoms with van der Waals surface area (Å²) in [4.78, 5) is 14.5. The molecule has 0 radical (unpaired) electrons. The van der Waals surface area contributed by atoms with Crippen LogP contribution in [0.15, 0.2) is 42.5 Å². The van der Waals surface area contributed by atoms with E-state index < -0.39 is 5.67 Å². The molecule has 0 unspecified atom stereocenters. The van der Waals surface area contributed by atoms with E-state index in [0.29, 0.717) is 41.5 Å². The van der Waals surface area contributed by atoms with E-state index in [4.69, 9.17) is 23.2 Å². The monoisotopic (exact) mass is 426 g/mol. The smallest absolute Gasteiger partial charge is 0.251 e. The van der Waals surface area contributed by atoms with Gasteiger partial charge in [-0.05, 0) is 50.3 Å². The third-order valence-electron chi connectivity index (χ3n) is 4.88. The Morgan fingerprint density at radius 3 is 2.32 bits per heavy atom. The van der Waals surface area contributed by atoms with E-state index in [0.717, 1.165) is 25.8 Å². The number of nitrogens with one attached hydrogen (secondary N) is 1. The lowest BCUT2D eigenvalue weighted by Crippen LogP contribution is -2.48. The van der Waals surface area contributed by atoms with Crippen LogP contribution >= 0.6 is 23.2 Å². The van der Waals surface area contributed by atoms with Gasteiger partial charge in [0.1, 0.15) is 5.67 Å². The number of alkyl halides is 1. The van der Waals surface area contributed by atoms with Crippen molar-refractivity contribution in [3.8, 4) is 0 Å². The molecule has 6 heteroatoms. The number of amides is 1. The Hall–Kier alpha value is -1.36. The van der Waals surface area contributed by atoms with Crippen LogP contribution in [0.5, 0.6) is 0 Å². The SMILES string of the molecule is CC/C=C\CC/C=C/CN1CCC(F)(CNC(=O)c2cc(Cl)cc(Cl)c2)CC1. The second kappa shape index (κ2) is 11.6. The normalized spacial score (nSPS) is 17.4. The fourth-order valence-electron chi connectivity index (χ4n) is 3.16. The van der Waals surface area contributed by atoms with Gasteiger partial charge in [0.15, 0.2) is 0 Å². The maximum Gasteiger partial charge on any atom is 0.251 e. The van der Waals surface area contributed by atoms with Crippen LogP contribution in [0.4, 0.5) is 4.39 Å². The van der Waals surface area contributed by atoms with Crippen molar-refractivity contribution in [1.29, 1.82) is 0 Å². The minimum absolute atomic E-state index is 0.00338. The number of rotatable bonds is 9. The van der Waals surface area contributed by atoms with Crippen molar-refractivity contribution in [2.24, 2.45) is 0 Å². The van der Waals surface area contributed by atoms with E-state index in [1.807, 2.05) is 0 Å². The van der Waals surface area contributed by atoms with E-state index in [2.05, 4.69) is 41.4 Å². The van der Waals surface area contributed by atoms with E-state index in [-0.39, 0.29) is 12.5 Å². The molecule has 0 aliphatic carbocycles. The predicted octanol–water partition coefficient (Wildman–Crippen LogP) is 5.83. The minimum Gasteiger partial charge on any atom is -0.349 e. The number of carbonyl (C=O) groups is 1. The maximum atomic E-state index is 15.0. The zero-order valence-corrected chi connectivity index (χ0v) is 17.9. The summed E-state index contributed by atoms with van der Waals surface area (Å²) in [7, 11) is 0. The average molecular weight is 427 g/mol. The molecular weight excluding hydrogens is 398 g/mol. The number of hydrogen-bond donors (Lipinski definition) is 1. The first kappa shape index (κ1) is 22.9. The Bertz CT molecular complexity index is 678. The summed E-state index contributed by atoms with van der Waals surface area (Å²) in [6.45, 7) is 4.36. The lowest BCUT2D eigenvalue weighted by molar-refractivity contribution is 0.0584. The Morgan fingerprint density at radius 1 is 1.11 bits per heavy atom. The molecule has 0 bridgehead atoms. The number of halogens is 3. The van der Waals surface area contributed by atoms with Crippen molar-refractivity contribution in [3.63, 3.8) is 0 Å². The molecule has 1 amide bonds. The number of nitrogens with zero attached hydrogens (tertiary/aromatic N) is 1. The molecule has 3 nitrogen and oxygen atoms in total. The van der Waals surface area contributed by atoms with Gasteiger partial charge in [-0.2, -0.15) is 0 Å². The number of unbranched alkanes of at least 4 members (excludes halogenated alkanes) is 1. The Morgan fingerprint density at radius 2 is 1.71 bits per heavy atom. The molecular formula is C22H29Cl2FN2O. The Labute approximate surface area is 177 Å². The van der Waals surface area contributed by atoms with Crippen molar-refractivity contribution in [1.82, 2.24) is 10.2 Å². The lowest BCUT2D eigenvalue weighted by Gasteiger charge is -2.36.